The van der Waals surface area contributed by atoms with Crippen molar-refractivity contribution in [2.24, 2.45) is 10.7 Å². The van der Waals surface area contributed by atoms with Gasteiger partial charge in [0, 0.05) is 29.0 Å². The van der Waals surface area contributed by atoms with E-state index in [1.165, 1.54) is 0 Å². The molecule has 1 atom stereocenters. The van der Waals surface area contributed by atoms with E-state index in [0.717, 1.165) is 10.0 Å². The Morgan fingerprint density at radius 3 is 2.94 bits per heavy atom. The summed E-state index contributed by atoms with van der Waals surface area (Å²) in [6.07, 6.45) is 3.38. The minimum absolute atomic E-state index is 0.287. The SMILES string of the molecule is CCN1C(=O)N=C(N)C1c1cncc(Br)c1. The van der Waals surface area contributed by atoms with E-state index < -0.39 is 0 Å². The van der Waals surface area contributed by atoms with Gasteiger partial charge in [-0.1, -0.05) is 0 Å². The predicted molar refractivity (Wildman–Crippen MR) is 64.1 cm³/mol. The second kappa shape index (κ2) is 4.21. The van der Waals surface area contributed by atoms with Crippen molar-refractivity contribution in [3.8, 4) is 0 Å². The minimum Gasteiger partial charge on any atom is -0.385 e. The number of urea groups is 1. The standard InChI is InChI=1S/C10H11BrN4O/c1-2-15-8(9(12)14-10(15)16)6-3-7(11)5-13-4-6/h3-5,8H,2H2,1H3,(H2,12,14,16). The van der Waals surface area contributed by atoms with Crippen molar-refractivity contribution in [3.63, 3.8) is 0 Å². The summed E-state index contributed by atoms with van der Waals surface area (Å²) in [7, 11) is 0. The van der Waals surface area contributed by atoms with E-state index in [9.17, 15) is 4.79 Å². The summed E-state index contributed by atoms with van der Waals surface area (Å²) in [5.41, 5.74) is 6.63. The van der Waals surface area contributed by atoms with Gasteiger partial charge >= 0.3 is 6.03 Å². The lowest BCUT2D eigenvalue weighted by Crippen LogP contribution is -2.33. The Morgan fingerprint density at radius 1 is 1.56 bits per heavy atom. The fourth-order valence-electron chi connectivity index (χ4n) is 1.75. The second-order valence-electron chi connectivity index (χ2n) is 3.44. The largest absolute Gasteiger partial charge is 0.385 e. The minimum atomic E-state index is -0.289. The van der Waals surface area contributed by atoms with E-state index in [1.54, 1.807) is 17.3 Å². The molecule has 1 aromatic heterocycles. The van der Waals surface area contributed by atoms with Crippen molar-refractivity contribution in [2.75, 3.05) is 6.54 Å². The van der Waals surface area contributed by atoms with Crippen molar-refractivity contribution in [2.45, 2.75) is 13.0 Å². The summed E-state index contributed by atoms with van der Waals surface area (Å²) < 4.78 is 0.855. The summed E-state index contributed by atoms with van der Waals surface area (Å²) in [6, 6.07) is 1.31. The van der Waals surface area contributed by atoms with Gasteiger partial charge in [-0.05, 0) is 28.9 Å². The molecule has 0 fully saturated rings. The molecule has 0 saturated carbocycles. The lowest BCUT2D eigenvalue weighted by molar-refractivity contribution is 0.209. The van der Waals surface area contributed by atoms with Crippen LogP contribution in [0.3, 0.4) is 0 Å². The number of hydrogen-bond acceptors (Lipinski definition) is 3. The van der Waals surface area contributed by atoms with Gasteiger partial charge in [-0.15, -0.1) is 0 Å². The summed E-state index contributed by atoms with van der Waals surface area (Å²) in [5, 5.41) is 0. The third-order valence-corrected chi connectivity index (χ3v) is 2.88. The normalized spacial score (nSPS) is 20.1. The highest BCUT2D eigenvalue weighted by Crippen LogP contribution is 2.27. The van der Waals surface area contributed by atoms with Crippen molar-refractivity contribution in [3.05, 3.63) is 28.5 Å². The fraction of sp³-hybridized carbons (Fsp3) is 0.300. The lowest BCUT2D eigenvalue weighted by Gasteiger charge is -2.22. The summed E-state index contributed by atoms with van der Waals surface area (Å²) >= 11 is 3.34. The zero-order valence-corrected chi connectivity index (χ0v) is 10.3. The Balaban J connectivity index is 2.40. The van der Waals surface area contributed by atoms with E-state index >= 15 is 0 Å². The third kappa shape index (κ3) is 1.80. The Bertz CT molecular complexity index is 460. The Morgan fingerprint density at radius 2 is 2.31 bits per heavy atom. The van der Waals surface area contributed by atoms with Gasteiger partial charge in [0.15, 0.2) is 0 Å². The Labute approximate surface area is 101 Å². The van der Waals surface area contributed by atoms with Crippen LogP contribution in [0.5, 0.6) is 0 Å². The lowest BCUT2D eigenvalue weighted by atomic mass is 10.1. The molecule has 0 aromatic carbocycles. The molecule has 84 valence electrons. The quantitative estimate of drug-likeness (QED) is 0.897. The molecule has 0 bridgehead atoms. The molecule has 2 heterocycles. The zero-order valence-electron chi connectivity index (χ0n) is 8.72. The van der Waals surface area contributed by atoms with Gasteiger partial charge < -0.3 is 10.6 Å². The predicted octanol–water partition coefficient (Wildman–Crippen LogP) is 1.70. The van der Waals surface area contributed by atoms with Crippen LogP contribution in [0.4, 0.5) is 4.79 Å². The highest BCUT2D eigenvalue weighted by atomic mass is 79.9. The van der Waals surface area contributed by atoms with Crippen LogP contribution in [0.25, 0.3) is 0 Å². The number of nitrogens with zero attached hydrogens (tertiary/aromatic N) is 3. The van der Waals surface area contributed by atoms with Crippen LogP contribution in [0.15, 0.2) is 27.9 Å². The van der Waals surface area contributed by atoms with E-state index in [0.29, 0.717) is 12.4 Å². The van der Waals surface area contributed by atoms with E-state index in [-0.39, 0.29) is 12.1 Å². The number of carbonyl (C=O) groups is 1. The molecule has 2 rings (SSSR count). The number of carbonyl (C=O) groups excluding carboxylic acids is 1. The van der Waals surface area contributed by atoms with Crippen LogP contribution >= 0.6 is 15.9 Å². The topological polar surface area (TPSA) is 71.6 Å². The first-order valence-corrected chi connectivity index (χ1v) is 5.68. The van der Waals surface area contributed by atoms with Gasteiger partial charge in [-0.25, -0.2) is 4.79 Å². The molecule has 1 aliphatic heterocycles. The average Bonchev–Trinajstić information content (AvgIpc) is 2.52. The molecule has 0 spiro atoms. The molecule has 0 saturated heterocycles. The third-order valence-electron chi connectivity index (χ3n) is 2.44. The molecule has 0 aliphatic carbocycles. The number of hydrogen-bond donors (Lipinski definition) is 1. The molecule has 0 radical (unpaired) electrons. The van der Waals surface area contributed by atoms with Crippen LogP contribution in [-0.4, -0.2) is 28.3 Å². The molecule has 1 unspecified atom stereocenters. The number of aromatic nitrogens is 1. The maximum atomic E-state index is 11.5. The molecule has 5 nitrogen and oxygen atoms in total. The average molecular weight is 283 g/mol. The highest BCUT2D eigenvalue weighted by Gasteiger charge is 2.33. The van der Waals surface area contributed by atoms with Crippen LogP contribution in [-0.2, 0) is 0 Å². The highest BCUT2D eigenvalue weighted by molar-refractivity contribution is 9.10. The summed E-state index contributed by atoms with van der Waals surface area (Å²) in [5.74, 6) is 0.326. The van der Waals surface area contributed by atoms with Crippen LogP contribution in [0.1, 0.15) is 18.5 Å². The molecular formula is C10H11BrN4O. The molecular weight excluding hydrogens is 272 g/mol. The first-order chi connectivity index (χ1) is 7.63. The number of aliphatic imine (C=N–C) groups is 1. The van der Waals surface area contributed by atoms with Crippen molar-refractivity contribution >= 4 is 27.8 Å². The Hall–Kier alpha value is -1.43. The van der Waals surface area contributed by atoms with Crippen molar-refractivity contribution in [1.82, 2.24) is 9.88 Å². The number of amidine groups is 1. The smallest absolute Gasteiger partial charge is 0.346 e. The maximum absolute atomic E-state index is 11.5. The van der Waals surface area contributed by atoms with Crippen LogP contribution < -0.4 is 5.73 Å². The van der Waals surface area contributed by atoms with Crippen molar-refractivity contribution in [1.29, 1.82) is 0 Å². The molecule has 1 aliphatic rings. The fourth-order valence-corrected chi connectivity index (χ4v) is 2.13. The first-order valence-electron chi connectivity index (χ1n) is 4.88. The number of nitrogens with two attached hydrogens (primary N) is 1. The number of likely N-dealkylation sites (N-methyl/N-ethyl adjacent to an activating group) is 1. The molecule has 6 heteroatoms. The number of halogens is 1. The zero-order chi connectivity index (χ0) is 11.7. The molecule has 16 heavy (non-hydrogen) atoms. The van der Waals surface area contributed by atoms with E-state index in [4.69, 9.17) is 5.73 Å². The van der Waals surface area contributed by atoms with Gasteiger partial charge in [0.2, 0.25) is 0 Å². The Kier molecular flexibility index (Phi) is 2.91. The summed E-state index contributed by atoms with van der Waals surface area (Å²) in [6.45, 7) is 2.46. The number of rotatable bonds is 2. The van der Waals surface area contributed by atoms with Gasteiger partial charge in [-0.3, -0.25) is 4.98 Å². The second-order valence-corrected chi connectivity index (χ2v) is 4.36. The number of amides is 2. The molecule has 2 amide bonds. The van der Waals surface area contributed by atoms with Crippen molar-refractivity contribution < 1.29 is 4.79 Å². The van der Waals surface area contributed by atoms with Gasteiger partial charge in [0.05, 0.1) is 0 Å². The van der Waals surface area contributed by atoms with Crippen LogP contribution in [0.2, 0.25) is 0 Å². The maximum Gasteiger partial charge on any atom is 0.346 e. The molecule has 1 aromatic rings. The first kappa shape index (κ1) is 11.1. The van der Waals surface area contributed by atoms with E-state index in [2.05, 4.69) is 25.9 Å². The number of pyridine rings is 1. The van der Waals surface area contributed by atoms with Gasteiger partial charge in [0.25, 0.3) is 0 Å². The summed E-state index contributed by atoms with van der Waals surface area (Å²) in [4.78, 5) is 20.9. The monoisotopic (exact) mass is 282 g/mol. The van der Waals surface area contributed by atoms with E-state index in [1.807, 2.05) is 13.0 Å². The molecule has 2 N–H and O–H groups in total. The van der Waals surface area contributed by atoms with Gasteiger partial charge in [-0.2, -0.15) is 4.99 Å². The van der Waals surface area contributed by atoms with Gasteiger partial charge in [0.1, 0.15) is 11.9 Å². The van der Waals surface area contributed by atoms with Crippen LogP contribution in [0, 0.1) is 0 Å².